The van der Waals surface area contributed by atoms with Crippen LogP contribution in [0.4, 0.5) is 5.69 Å². The molecule has 0 aliphatic carbocycles. The Morgan fingerprint density at radius 2 is 1.88 bits per heavy atom. The first-order valence-corrected chi connectivity index (χ1v) is 5.53. The summed E-state index contributed by atoms with van der Waals surface area (Å²) in [6, 6.07) is 2.91. The first-order valence-electron chi connectivity index (χ1n) is 4.39. The highest BCUT2D eigenvalue weighted by molar-refractivity contribution is 6.44. The Bertz CT molecular complexity index is 556. The average Bonchev–Trinajstić information content (AvgIpc) is 2.79. The van der Waals surface area contributed by atoms with Crippen LogP contribution in [0.1, 0.15) is 10.5 Å². The number of hydrogen-bond donors (Lipinski definition) is 2. The summed E-state index contributed by atoms with van der Waals surface area (Å²) in [5, 5.41) is 12.9. The van der Waals surface area contributed by atoms with Gasteiger partial charge in [0.25, 0.3) is 5.91 Å². The first kappa shape index (κ1) is 12.2. The van der Waals surface area contributed by atoms with E-state index in [2.05, 4.69) is 20.7 Å². The fourth-order valence-corrected chi connectivity index (χ4v) is 1.71. The van der Waals surface area contributed by atoms with Crippen molar-refractivity contribution in [3.8, 4) is 0 Å². The maximum absolute atomic E-state index is 11.7. The van der Waals surface area contributed by atoms with Gasteiger partial charge in [-0.1, -0.05) is 34.8 Å². The zero-order chi connectivity index (χ0) is 12.4. The van der Waals surface area contributed by atoms with Gasteiger partial charge in [-0.05, 0) is 12.1 Å². The van der Waals surface area contributed by atoms with Gasteiger partial charge >= 0.3 is 0 Å². The number of anilines is 1. The number of nitrogens with zero attached hydrogens (tertiary/aromatic N) is 2. The molecule has 1 heterocycles. The van der Waals surface area contributed by atoms with Crippen molar-refractivity contribution in [3.05, 3.63) is 39.1 Å². The van der Waals surface area contributed by atoms with Gasteiger partial charge in [-0.3, -0.25) is 4.79 Å². The predicted molar refractivity (Wildman–Crippen MR) is 65.8 cm³/mol. The van der Waals surface area contributed by atoms with Gasteiger partial charge in [0, 0.05) is 0 Å². The number of amides is 1. The van der Waals surface area contributed by atoms with E-state index in [1.165, 1.54) is 18.3 Å². The molecule has 0 aliphatic heterocycles. The average molecular weight is 292 g/mol. The van der Waals surface area contributed by atoms with Crippen LogP contribution in [0.3, 0.4) is 0 Å². The molecular weight excluding hydrogens is 286 g/mol. The predicted octanol–water partition coefficient (Wildman–Crippen LogP) is 3.02. The van der Waals surface area contributed by atoms with Crippen LogP contribution in [0.15, 0.2) is 18.3 Å². The summed E-state index contributed by atoms with van der Waals surface area (Å²) in [6.45, 7) is 0. The summed E-state index contributed by atoms with van der Waals surface area (Å²) < 4.78 is 0. The van der Waals surface area contributed by atoms with Gasteiger partial charge in [0.2, 0.25) is 0 Å². The maximum Gasteiger partial charge on any atom is 0.277 e. The molecule has 2 rings (SSSR count). The Kier molecular flexibility index (Phi) is 3.51. The van der Waals surface area contributed by atoms with Crippen molar-refractivity contribution in [2.24, 2.45) is 0 Å². The van der Waals surface area contributed by atoms with Crippen LogP contribution in [0.2, 0.25) is 15.1 Å². The second-order valence-electron chi connectivity index (χ2n) is 3.06. The molecule has 0 atom stereocenters. The van der Waals surface area contributed by atoms with E-state index < -0.39 is 5.91 Å². The standard InChI is InChI=1S/C9H5Cl3N4O/c10-4-1-6(12)7(2-5(4)11)14-9(17)8-3-13-16-15-8/h1-3H,(H,14,17)(H,13,15,16). The Hall–Kier alpha value is -1.30. The smallest absolute Gasteiger partial charge is 0.277 e. The lowest BCUT2D eigenvalue weighted by Gasteiger charge is -2.07. The molecule has 0 aliphatic rings. The molecule has 1 aromatic heterocycles. The number of carbonyl (C=O) groups is 1. The molecule has 0 radical (unpaired) electrons. The zero-order valence-electron chi connectivity index (χ0n) is 8.17. The molecule has 2 N–H and O–H groups in total. The number of halogens is 3. The van der Waals surface area contributed by atoms with E-state index in [1.807, 2.05) is 0 Å². The van der Waals surface area contributed by atoms with E-state index in [1.54, 1.807) is 0 Å². The Balaban J connectivity index is 2.25. The summed E-state index contributed by atoms with van der Waals surface area (Å²) in [7, 11) is 0. The second-order valence-corrected chi connectivity index (χ2v) is 4.28. The monoisotopic (exact) mass is 290 g/mol. The largest absolute Gasteiger partial charge is 0.319 e. The van der Waals surface area contributed by atoms with E-state index in [9.17, 15) is 4.79 Å². The number of carbonyl (C=O) groups excluding carboxylic acids is 1. The molecule has 1 amide bonds. The molecule has 2 aromatic rings. The van der Waals surface area contributed by atoms with Gasteiger partial charge in [0.05, 0.1) is 27.0 Å². The highest BCUT2D eigenvalue weighted by Gasteiger charge is 2.12. The van der Waals surface area contributed by atoms with Crippen molar-refractivity contribution >= 4 is 46.4 Å². The SMILES string of the molecule is O=C(Nc1cc(Cl)c(Cl)cc1Cl)c1cn[nH]n1. The lowest BCUT2D eigenvalue weighted by atomic mass is 10.3. The maximum atomic E-state index is 11.7. The number of benzene rings is 1. The topological polar surface area (TPSA) is 70.7 Å². The first-order chi connectivity index (χ1) is 8.08. The van der Waals surface area contributed by atoms with Crippen molar-refractivity contribution in [1.29, 1.82) is 0 Å². The van der Waals surface area contributed by atoms with Crippen molar-refractivity contribution in [1.82, 2.24) is 15.4 Å². The van der Waals surface area contributed by atoms with Crippen LogP contribution in [-0.2, 0) is 0 Å². The van der Waals surface area contributed by atoms with Crippen LogP contribution in [-0.4, -0.2) is 21.3 Å². The molecule has 0 saturated heterocycles. The minimum atomic E-state index is -0.445. The van der Waals surface area contributed by atoms with Gasteiger partial charge in [0.1, 0.15) is 0 Å². The van der Waals surface area contributed by atoms with Gasteiger partial charge in [0.15, 0.2) is 5.69 Å². The molecule has 88 valence electrons. The fraction of sp³-hybridized carbons (Fsp3) is 0. The molecule has 0 saturated carbocycles. The van der Waals surface area contributed by atoms with E-state index in [0.29, 0.717) is 15.7 Å². The van der Waals surface area contributed by atoms with E-state index in [-0.39, 0.29) is 10.7 Å². The molecule has 5 nitrogen and oxygen atoms in total. The number of hydrogen-bond acceptors (Lipinski definition) is 3. The Morgan fingerprint density at radius 1 is 1.18 bits per heavy atom. The quantitative estimate of drug-likeness (QED) is 0.836. The van der Waals surface area contributed by atoms with Gasteiger partial charge in [-0.15, -0.1) is 0 Å². The highest BCUT2D eigenvalue weighted by atomic mass is 35.5. The van der Waals surface area contributed by atoms with E-state index >= 15 is 0 Å². The lowest BCUT2D eigenvalue weighted by molar-refractivity contribution is 0.102. The lowest BCUT2D eigenvalue weighted by Crippen LogP contribution is -2.12. The van der Waals surface area contributed by atoms with Crippen LogP contribution in [0.5, 0.6) is 0 Å². The van der Waals surface area contributed by atoms with Gasteiger partial charge in [-0.2, -0.15) is 15.4 Å². The molecule has 0 fully saturated rings. The van der Waals surface area contributed by atoms with Crippen LogP contribution in [0, 0.1) is 0 Å². The molecule has 17 heavy (non-hydrogen) atoms. The Labute approximate surface area is 111 Å². The Morgan fingerprint density at radius 3 is 2.53 bits per heavy atom. The summed E-state index contributed by atoms with van der Waals surface area (Å²) >= 11 is 17.5. The third kappa shape index (κ3) is 2.69. The van der Waals surface area contributed by atoms with Gasteiger partial charge < -0.3 is 5.32 Å². The molecule has 0 bridgehead atoms. The second kappa shape index (κ2) is 4.91. The molecular formula is C9H5Cl3N4O. The number of aromatic amines is 1. The van der Waals surface area contributed by atoms with E-state index in [0.717, 1.165) is 0 Å². The van der Waals surface area contributed by atoms with Crippen LogP contribution >= 0.6 is 34.8 Å². The number of H-pyrrole nitrogens is 1. The number of rotatable bonds is 2. The zero-order valence-corrected chi connectivity index (χ0v) is 10.4. The van der Waals surface area contributed by atoms with Gasteiger partial charge in [-0.25, -0.2) is 0 Å². The highest BCUT2D eigenvalue weighted by Crippen LogP contribution is 2.32. The molecule has 8 heteroatoms. The summed E-state index contributed by atoms with van der Waals surface area (Å²) in [5.74, 6) is -0.445. The molecule has 0 spiro atoms. The normalized spacial score (nSPS) is 10.3. The molecule has 0 unspecified atom stereocenters. The van der Waals surface area contributed by atoms with Crippen molar-refractivity contribution in [2.45, 2.75) is 0 Å². The number of aromatic nitrogens is 3. The van der Waals surface area contributed by atoms with Crippen molar-refractivity contribution < 1.29 is 4.79 Å². The minimum Gasteiger partial charge on any atom is -0.319 e. The van der Waals surface area contributed by atoms with Crippen LogP contribution < -0.4 is 5.32 Å². The number of nitrogens with one attached hydrogen (secondary N) is 2. The minimum absolute atomic E-state index is 0.145. The van der Waals surface area contributed by atoms with Crippen molar-refractivity contribution in [3.63, 3.8) is 0 Å². The summed E-state index contributed by atoms with van der Waals surface area (Å²) in [5.41, 5.74) is 0.501. The van der Waals surface area contributed by atoms with Crippen molar-refractivity contribution in [2.75, 3.05) is 5.32 Å². The third-order valence-corrected chi connectivity index (χ3v) is 2.94. The summed E-state index contributed by atoms with van der Waals surface area (Å²) in [4.78, 5) is 11.7. The summed E-state index contributed by atoms with van der Waals surface area (Å²) in [6.07, 6.45) is 1.29. The fourth-order valence-electron chi connectivity index (χ4n) is 1.12. The third-order valence-electron chi connectivity index (χ3n) is 1.91. The van der Waals surface area contributed by atoms with E-state index in [4.69, 9.17) is 34.8 Å². The van der Waals surface area contributed by atoms with Crippen LogP contribution in [0.25, 0.3) is 0 Å². The molecule has 1 aromatic carbocycles.